The molecule has 1 amide bonds. The fraction of sp³-hybridized carbons (Fsp3) is 0.917. The number of nitrogens with zero attached hydrogens (tertiary/aromatic N) is 1. The number of ether oxygens (including phenoxy) is 1. The summed E-state index contributed by atoms with van der Waals surface area (Å²) in [5.74, 6) is 0.329. The van der Waals surface area contributed by atoms with Crippen molar-refractivity contribution in [2.75, 3.05) is 33.9 Å². The van der Waals surface area contributed by atoms with Gasteiger partial charge in [0, 0.05) is 19.7 Å². The topological polar surface area (TPSA) is 61.8 Å². The normalized spacial score (nSPS) is 13.1. The highest BCUT2D eigenvalue weighted by Crippen LogP contribution is 2.09. The van der Waals surface area contributed by atoms with Crippen LogP contribution in [0.1, 0.15) is 26.7 Å². The first-order valence-electron chi connectivity index (χ1n) is 6.14. The number of amides is 1. The van der Waals surface area contributed by atoms with Crippen molar-refractivity contribution in [3.8, 4) is 0 Å². The van der Waals surface area contributed by atoms with Gasteiger partial charge in [-0.3, -0.25) is 0 Å². The largest absolute Gasteiger partial charge is 0.465 e. The molecular weight excluding hydrogens is 220 g/mol. The van der Waals surface area contributed by atoms with Crippen molar-refractivity contribution in [2.24, 2.45) is 5.92 Å². The molecule has 0 rings (SSSR count). The summed E-state index contributed by atoms with van der Waals surface area (Å²) in [6.45, 7) is 6.69. The van der Waals surface area contributed by atoms with Crippen molar-refractivity contribution in [3.05, 3.63) is 0 Å². The van der Waals surface area contributed by atoms with E-state index >= 15 is 0 Å². The van der Waals surface area contributed by atoms with E-state index < -0.39 is 6.09 Å². The predicted molar refractivity (Wildman–Crippen MR) is 68.4 cm³/mol. The number of nitrogens with one attached hydrogen (secondary N) is 1. The minimum absolute atomic E-state index is 0.0447. The van der Waals surface area contributed by atoms with Crippen LogP contribution in [0.4, 0.5) is 4.79 Å². The van der Waals surface area contributed by atoms with Gasteiger partial charge in [-0.25, -0.2) is 4.79 Å². The molecule has 5 heteroatoms. The first-order valence-corrected chi connectivity index (χ1v) is 6.14. The Hall–Kier alpha value is -0.810. The van der Waals surface area contributed by atoms with Gasteiger partial charge in [0.1, 0.15) is 0 Å². The van der Waals surface area contributed by atoms with Crippen LogP contribution in [0.3, 0.4) is 0 Å². The molecule has 0 saturated carbocycles. The molecule has 0 aliphatic rings. The summed E-state index contributed by atoms with van der Waals surface area (Å²) < 4.78 is 5.00. The molecule has 0 bridgehead atoms. The van der Waals surface area contributed by atoms with Gasteiger partial charge in [-0.05, 0) is 32.4 Å². The summed E-state index contributed by atoms with van der Waals surface area (Å²) in [5.41, 5.74) is 0. The molecule has 0 fully saturated rings. The zero-order valence-corrected chi connectivity index (χ0v) is 11.4. The maximum Gasteiger partial charge on any atom is 0.404 e. The number of carboxylic acid groups (broad SMARTS) is 1. The molecule has 0 heterocycles. The summed E-state index contributed by atoms with van der Waals surface area (Å²) >= 11 is 0. The molecule has 0 aliphatic carbocycles. The van der Waals surface area contributed by atoms with Crippen molar-refractivity contribution in [3.63, 3.8) is 0 Å². The standard InChI is InChI=1S/C12H26N2O3/c1-10(2)11(13-12(15)16)6-5-7-14(3)8-9-17-4/h10-11,13H,5-9H2,1-4H3,(H,15,16)/t11-/m1/s1. The second-order valence-electron chi connectivity index (χ2n) is 4.74. The van der Waals surface area contributed by atoms with Crippen LogP contribution in [0.15, 0.2) is 0 Å². The van der Waals surface area contributed by atoms with Gasteiger partial charge in [0.05, 0.1) is 6.61 Å². The molecule has 0 spiro atoms. The Morgan fingerprint density at radius 3 is 2.53 bits per heavy atom. The minimum atomic E-state index is -0.934. The van der Waals surface area contributed by atoms with Crippen LogP contribution < -0.4 is 5.32 Å². The Bertz CT molecular complexity index is 210. The van der Waals surface area contributed by atoms with E-state index in [1.165, 1.54) is 0 Å². The smallest absolute Gasteiger partial charge is 0.404 e. The van der Waals surface area contributed by atoms with E-state index in [1.54, 1.807) is 7.11 Å². The molecule has 102 valence electrons. The lowest BCUT2D eigenvalue weighted by Gasteiger charge is -2.22. The fourth-order valence-corrected chi connectivity index (χ4v) is 1.67. The highest BCUT2D eigenvalue weighted by atomic mass is 16.5. The molecule has 1 atom stereocenters. The van der Waals surface area contributed by atoms with Crippen LogP contribution in [0.25, 0.3) is 0 Å². The highest BCUT2D eigenvalue weighted by molar-refractivity contribution is 5.64. The average Bonchev–Trinajstić information content (AvgIpc) is 2.24. The second-order valence-corrected chi connectivity index (χ2v) is 4.74. The summed E-state index contributed by atoms with van der Waals surface area (Å²) in [7, 11) is 3.74. The lowest BCUT2D eigenvalue weighted by molar-refractivity contribution is 0.158. The van der Waals surface area contributed by atoms with E-state index in [0.717, 1.165) is 32.5 Å². The Morgan fingerprint density at radius 2 is 2.06 bits per heavy atom. The monoisotopic (exact) mass is 246 g/mol. The van der Waals surface area contributed by atoms with Crippen molar-refractivity contribution < 1.29 is 14.6 Å². The quantitative estimate of drug-likeness (QED) is 0.649. The second kappa shape index (κ2) is 9.24. The number of likely N-dealkylation sites (N-methyl/N-ethyl adjacent to an activating group) is 1. The lowest BCUT2D eigenvalue weighted by Crippen LogP contribution is -2.38. The highest BCUT2D eigenvalue weighted by Gasteiger charge is 2.15. The fourth-order valence-electron chi connectivity index (χ4n) is 1.67. The number of carbonyl (C=O) groups is 1. The minimum Gasteiger partial charge on any atom is -0.465 e. The van der Waals surface area contributed by atoms with Gasteiger partial charge in [0.25, 0.3) is 0 Å². The summed E-state index contributed by atoms with van der Waals surface area (Å²) in [6.07, 6.45) is 0.932. The zero-order valence-electron chi connectivity index (χ0n) is 11.4. The molecule has 0 aliphatic heterocycles. The van der Waals surface area contributed by atoms with E-state index in [4.69, 9.17) is 9.84 Å². The third-order valence-electron chi connectivity index (χ3n) is 2.85. The van der Waals surface area contributed by atoms with Crippen LogP contribution >= 0.6 is 0 Å². The van der Waals surface area contributed by atoms with Gasteiger partial charge in [0.15, 0.2) is 0 Å². The SMILES string of the molecule is COCCN(C)CCC[C@@H](NC(=O)O)C(C)C. The van der Waals surface area contributed by atoms with E-state index in [0.29, 0.717) is 5.92 Å². The van der Waals surface area contributed by atoms with Crippen LogP contribution in [0.2, 0.25) is 0 Å². The van der Waals surface area contributed by atoms with Crippen molar-refractivity contribution in [2.45, 2.75) is 32.7 Å². The molecule has 5 nitrogen and oxygen atoms in total. The van der Waals surface area contributed by atoms with Crippen molar-refractivity contribution >= 4 is 6.09 Å². The van der Waals surface area contributed by atoms with Crippen LogP contribution in [0.5, 0.6) is 0 Å². The van der Waals surface area contributed by atoms with Crippen LogP contribution in [-0.2, 0) is 4.74 Å². The Balaban J connectivity index is 3.77. The molecule has 0 aromatic rings. The lowest BCUT2D eigenvalue weighted by atomic mass is 9.99. The Labute approximate surface area is 104 Å². The molecule has 0 radical (unpaired) electrons. The van der Waals surface area contributed by atoms with Crippen molar-refractivity contribution in [1.29, 1.82) is 0 Å². The van der Waals surface area contributed by atoms with E-state index in [1.807, 2.05) is 20.9 Å². The number of hydrogen-bond acceptors (Lipinski definition) is 3. The third-order valence-corrected chi connectivity index (χ3v) is 2.85. The van der Waals surface area contributed by atoms with Gasteiger partial charge < -0.3 is 20.1 Å². The third kappa shape index (κ3) is 8.94. The molecule has 2 N–H and O–H groups in total. The van der Waals surface area contributed by atoms with E-state index in [2.05, 4.69) is 10.2 Å². The van der Waals surface area contributed by atoms with E-state index in [-0.39, 0.29) is 6.04 Å². The van der Waals surface area contributed by atoms with Crippen LogP contribution in [0, 0.1) is 5.92 Å². The number of methoxy groups -OCH3 is 1. The van der Waals surface area contributed by atoms with Gasteiger partial charge in [0.2, 0.25) is 0 Å². The molecular formula is C12H26N2O3. The molecule has 0 unspecified atom stereocenters. The van der Waals surface area contributed by atoms with E-state index in [9.17, 15) is 4.79 Å². The summed E-state index contributed by atoms with van der Waals surface area (Å²) in [5, 5.41) is 11.3. The first kappa shape index (κ1) is 16.2. The maximum atomic E-state index is 10.6. The molecule has 0 saturated heterocycles. The molecule has 0 aromatic carbocycles. The predicted octanol–water partition coefficient (Wildman–Crippen LogP) is 1.64. The summed E-state index contributed by atoms with van der Waals surface area (Å²) in [6, 6.07) is 0.0447. The van der Waals surface area contributed by atoms with Crippen molar-refractivity contribution in [1.82, 2.24) is 10.2 Å². The van der Waals surface area contributed by atoms with Gasteiger partial charge >= 0.3 is 6.09 Å². The zero-order chi connectivity index (χ0) is 13.3. The number of hydrogen-bond donors (Lipinski definition) is 2. The Kier molecular flexibility index (Phi) is 8.80. The number of rotatable bonds is 9. The van der Waals surface area contributed by atoms with Gasteiger partial charge in [-0.2, -0.15) is 0 Å². The van der Waals surface area contributed by atoms with Gasteiger partial charge in [-0.15, -0.1) is 0 Å². The van der Waals surface area contributed by atoms with Crippen LogP contribution in [-0.4, -0.2) is 56.0 Å². The van der Waals surface area contributed by atoms with Gasteiger partial charge in [-0.1, -0.05) is 13.8 Å². The first-order chi connectivity index (χ1) is 7.97. The maximum absolute atomic E-state index is 10.6. The molecule has 17 heavy (non-hydrogen) atoms. The Morgan fingerprint density at radius 1 is 1.41 bits per heavy atom. The molecule has 0 aromatic heterocycles. The average molecular weight is 246 g/mol. The summed E-state index contributed by atoms with van der Waals surface area (Å²) in [4.78, 5) is 12.8.